The first kappa shape index (κ1) is 19.3. The van der Waals surface area contributed by atoms with Crippen LogP contribution >= 0.6 is 77.3 Å². The summed E-state index contributed by atoms with van der Waals surface area (Å²) < 4.78 is 14.5. The second-order valence-electron chi connectivity index (χ2n) is 6.10. The fourth-order valence-corrected chi connectivity index (χ4v) is 30.6. The minimum absolute atomic E-state index is 0.00434. The van der Waals surface area contributed by atoms with E-state index < -0.39 is 35.7 Å². The zero-order valence-corrected chi connectivity index (χ0v) is 21.0. The standard InChI is InChI=1S/C14H18I4O5/c15-18-5-4-17-8-14(17,13(21)23-16)3-1-2-9(7-18)10-6-11(19)22-12(10)20/h9-10H,1-8H2/t9?,10?,14-/m0/s1. The van der Waals surface area contributed by atoms with Crippen molar-refractivity contribution in [3.8, 4) is 0 Å². The summed E-state index contributed by atoms with van der Waals surface area (Å²) in [6.45, 7) is 0. The van der Waals surface area contributed by atoms with Crippen LogP contribution in [-0.2, 0) is 22.2 Å². The van der Waals surface area contributed by atoms with Gasteiger partial charge in [0.25, 0.3) is 0 Å². The van der Waals surface area contributed by atoms with Gasteiger partial charge in [-0.15, -0.1) is 0 Å². The van der Waals surface area contributed by atoms with Crippen molar-refractivity contribution in [1.82, 2.24) is 0 Å². The van der Waals surface area contributed by atoms with E-state index in [4.69, 9.17) is 7.80 Å². The van der Waals surface area contributed by atoms with Crippen molar-refractivity contribution in [2.45, 2.75) is 29.1 Å². The molecule has 0 aromatic carbocycles. The van der Waals surface area contributed by atoms with Crippen LogP contribution in [0.2, 0.25) is 0 Å². The maximum absolute atomic E-state index is 12.2. The minimum atomic E-state index is -1.15. The van der Waals surface area contributed by atoms with Crippen molar-refractivity contribution in [3.05, 3.63) is 0 Å². The molecular formula is C14H18I4O5. The Balaban J connectivity index is 1.69. The zero-order chi connectivity index (χ0) is 16.6. The Kier molecular flexibility index (Phi) is 6.75. The first-order valence-electron chi connectivity index (χ1n) is 7.44. The summed E-state index contributed by atoms with van der Waals surface area (Å²) in [6, 6.07) is 0. The third-order valence-corrected chi connectivity index (χ3v) is 23.4. The Hall–Kier alpha value is 1.53. The Labute approximate surface area is 173 Å². The monoisotopic (exact) mass is 774 g/mol. The van der Waals surface area contributed by atoms with Gasteiger partial charge < -0.3 is 0 Å². The van der Waals surface area contributed by atoms with Gasteiger partial charge in [-0.1, -0.05) is 0 Å². The summed E-state index contributed by atoms with van der Waals surface area (Å²) in [5.41, 5.74) is 0. The van der Waals surface area contributed by atoms with Gasteiger partial charge in [-0.2, -0.15) is 0 Å². The number of ether oxygens (including phenoxy) is 1. The van der Waals surface area contributed by atoms with Gasteiger partial charge in [0.15, 0.2) is 0 Å². The van der Waals surface area contributed by atoms with Gasteiger partial charge in [-0.3, -0.25) is 0 Å². The molecule has 0 bridgehead atoms. The molecule has 0 aromatic heterocycles. The van der Waals surface area contributed by atoms with E-state index in [0.29, 0.717) is 0 Å². The van der Waals surface area contributed by atoms with E-state index in [2.05, 4.69) is 18.6 Å². The molecular weight excluding hydrogens is 756 g/mol. The van der Waals surface area contributed by atoms with Crippen LogP contribution in [0.1, 0.15) is 25.7 Å². The van der Waals surface area contributed by atoms with Crippen LogP contribution in [0.4, 0.5) is 0 Å². The summed E-state index contributed by atoms with van der Waals surface area (Å²) in [5.74, 6) is -0.657. The molecule has 5 nitrogen and oxygen atoms in total. The molecule has 3 atom stereocenters. The van der Waals surface area contributed by atoms with E-state index >= 15 is 0 Å². The van der Waals surface area contributed by atoms with Gasteiger partial charge in [-0.25, -0.2) is 0 Å². The molecule has 3 heterocycles. The van der Waals surface area contributed by atoms with Gasteiger partial charge in [0.1, 0.15) is 0 Å². The predicted octanol–water partition coefficient (Wildman–Crippen LogP) is 3.88. The fourth-order valence-electron chi connectivity index (χ4n) is 3.35. The molecule has 23 heavy (non-hydrogen) atoms. The molecule has 3 saturated heterocycles. The van der Waals surface area contributed by atoms with Crippen LogP contribution in [0, 0.1) is 11.8 Å². The maximum atomic E-state index is 12.2. The average Bonchev–Trinajstić information content (AvgIpc) is 3.13. The Morgan fingerprint density at radius 1 is 1.35 bits per heavy atom. The fraction of sp³-hybridized carbons (Fsp3) is 0.786. The molecule has 0 spiro atoms. The molecule has 0 saturated carbocycles. The molecule has 0 amide bonds. The van der Waals surface area contributed by atoms with Crippen LogP contribution in [0.15, 0.2) is 0 Å². The van der Waals surface area contributed by atoms with Gasteiger partial charge in [-0.05, 0) is 0 Å². The van der Waals surface area contributed by atoms with Gasteiger partial charge in [0, 0.05) is 0 Å². The first-order valence-corrected chi connectivity index (χ1v) is 21.8. The number of carbonyl (C=O) groups excluding carboxylic acids is 3. The number of hydrogen-bond donors (Lipinski definition) is 0. The van der Waals surface area contributed by atoms with E-state index in [9.17, 15) is 14.4 Å². The zero-order valence-electron chi connectivity index (χ0n) is 12.4. The summed E-state index contributed by atoms with van der Waals surface area (Å²) in [4.78, 5) is 35.6. The van der Waals surface area contributed by atoms with Crippen LogP contribution in [0.25, 0.3) is 0 Å². The third kappa shape index (κ3) is 4.27. The van der Waals surface area contributed by atoms with Crippen molar-refractivity contribution in [2.75, 3.05) is 17.7 Å². The average molecular weight is 774 g/mol. The van der Waals surface area contributed by atoms with Crippen LogP contribution in [0.5, 0.6) is 0 Å². The van der Waals surface area contributed by atoms with E-state index in [-0.39, 0.29) is 39.6 Å². The number of carbonyl (C=O) groups is 3. The first-order chi connectivity index (χ1) is 11.0. The normalized spacial score (nSPS) is 37.8. The van der Waals surface area contributed by atoms with Crippen molar-refractivity contribution in [2.24, 2.45) is 11.8 Å². The number of halogens is 4. The van der Waals surface area contributed by atoms with E-state index in [1.54, 1.807) is 23.0 Å². The second-order valence-corrected chi connectivity index (χ2v) is 25.0. The SMILES string of the molecule is O=C1CC(C2CCC[C@@]3(C(=O)OI)CI3CCI(I)C2)C(=O)O1. The second kappa shape index (κ2) is 8.05. The Bertz CT molecular complexity index is 527. The van der Waals surface area contributed by atoms with Gasteiger partial charge >= 0.3 is 176 Å². The topological polar surface area (TPSA) is 69.7 Å². The van der Waals surface area contributed by atoms with E-state index in [1.807, 2.05) is 0 Å². The molecule has 3 rings (SSSR count). The summed E-state index contributed by atoms with van der Waals surface area (Å²) in [7, 11) is 0. The van der Waals surface area contributed by atoms with Crippen molar-refractivity contribution in [3.63, 3.8) is 0 Å². The van der Waals surface area contributed by atoms with Crippen molar-refractivity contribution in [1.29, 1.82) is 0 Å². The molecule has 2 unspecified atom stereocenters. The van der Waals surface area contributed by atoms with E-state index in [0.717, 1.165) is 28.1 Å². The van der Waals surface area contributed by atoms with Gasteiger partial charge in [0.2, 0.25) is 0 Å². The molecule has 3 aliphatic heterocycles. The molecule has 0 aliphatic carbocycles. The predicted molar refractivity (Wildman–Crippen MR) is 121 cm³/mol. The molecule has 3 fully saturated rings. The van der Waals surface area contributed by atoms with Crippen LogP contribution in [0.3, 0.4) is 0 Å². The van der Waals surface area contributed by atoms with Gasteiger partial charge in [0.05, 0.1) is 0 Å². The number of alkyl halides is 5. The molecule has 9 heteroatoms. The third-order valence-electron chi connectivity index (χ3n) is 4.73. The number of hydrogen-bond acceptors (Lipinski definition) is 5. The molecule has 0 radical (unpaired) electrons. The van der Waals surface area contributed by atoms with Crippen molar-refractivity contribution < 1.29 is 22.2 Å². The number of cyclic esters (lactones) is 2. The molecule has 0 aromatic rings. The number of rotatable bonds is 2. The molecule has 3 aliphatic rings. The van der Waals surface area contributed by atoms with Crippen LogP contribution < -0.4 is 0 Å². The molecule has 132 valence electrons. The quantitative estimate of drug-likeness (QED) is 0.185. The molecule has 0 N–H and O–H groups in total. The number of esters is 2. The number of fused-ring (bicyclic) bond motifs is 1. The summed E-state index contributed by atoms with van der Waals surface area (Å²) in [5, 5.41) is 0. The van der Waals surface area contributed by atoms with E-state index in [1.165, 1.54) is 8.86 Å². The summed E-state index contributed by atoms with van der Waals surface area (Å²) in [6.07, 6.45) is 3.07. The Morgan fingerprint density at radius 3 is 2.78 bits per heavy atom. The van der Waals surface area contributed by atoms with Crippen LogP contribution in [-0.4, -0.2) is 39.0 Å². The Morgan fingerprint density at radius 2 is 2.13 bits per heavy atom. The summed E-state index contributed by atoms with van der Waals surface area (Å²) >= 11 is 2.09. The van der Waals surface area contributed by atoms with Crippen molar-refractivity contribution >= 4 is 95.2 Å².